The number of nitrogens with zero attached hydrogens (tertiary/aromatic N) is 2. The number of halogens is 2. The number of aliphatic hydroxyl groups is 1. The summed E-state index contributed by atoms with van der Waals surface area (Å²) in [5.74, 6) is -3.73. The molecule has 0 aliphatic rings. The zero-order valence-corrected chi connectivity index (χ0v) is 31.2. The molecule has 0 aliphatic carbocycles. The molecule has 0 spiro atoms. The van der Waals surface area contributed by atoms with Crippen molar-refractivity contribution in [2.24, 2.45) is 5.41 Å². The quantitative estimate of drug-likeness (QED) is 0.128. The topological polar surface area (TPSA) is 150 Å². The SMILES string of the molecule is CC(C)(C)[C@H](c1cc(-c2cc(F)ccc2F)cn1Cc1ccccc1)N(C[C@H](CNC(=O)OCC[Si](C)(C)C)NC(=O)CCC(=O)O)C(=O)CO. The third-order valence-corrected chi connectivity index (χ3v) is 9.86. The van der Waals surface area contributed by atoms with Gasteiger partial charge < -0.3 is 35.1 Å². The van der Waals surface area contributed by atoms with Crippen LogP contribution in [0.1, 0.15) is 50.9 Å². The largest absolute Gasteiger partial charge is 0.481 e. The van der Waals surface area contributed by atoms with Crippen molar-refractivity contribution in [2.45, 2.75) is 77.9 Å². The lowest BCUT2D eigenvalue weighted by molar-refractivity contribution is -0.140. The fourth-order valence-electron chi connectivity index (χ4n) is 5.68. The molecule has 11 nitrogen and oxygen atoms in total. The molecule has 278 valence electrons. The summed E-state index contributed by atoms with van der Waals surface area (Å²) < 4.78 is 36.6. The maximum Gasteiger partial charge on any atom is 0.407 e. The average Bonchev–Trinajstić information content (AvgIpc) is 3.44. The number of ether oxygens (including phenoxy) is 1. The Balaban J connectivity index is 2.08. The van der Waals surface area contributed by atoms with E-state index >= 15 is 4.39 Å². The van der Waals surface area contributed by atoms with Gasteiger partial charge in [-0.15, -0.1) is 0 Å². The molecule has 1 heterocycles. The summed E-state index contributed by atoms with van der Waals surface area (Å²) in [5, 5.41) is 24.7. The lowest BCUT2D eigenvalue weighted by Crippen LogP contribution is -2.54. The number of carbonyl (C=O) groups is 4. The molecule has 3 rings (SSSR count). The number of carbonyl (C=O) groups excluding carboxylic acids is 3. The third kappa shape index (κ3) is 12.9. The summed E-state index contributed by atoms with van der Waals surface area (Å²) in [6, 6.07) is 13.3. The Morgan fingerprint density at radius 2 is 1.69 bits per heavy atom. The number of carboxylic acid groups (broad SMARTS) is 1. The smallest absolute Gasteiger partial charge is 0.407 e. The Bertz CT molecular complexity index is 1650. The van der Waals surface area contributed by atoms with Gasteiger partial charge in [0, 0.05) is 57.1 Å². The predicted molar refractivity (Wildman–Crippen MR) is 193 cm³/mol. The highest BCUT2D eigenvalue weighted by Gasteiger charge is 2.38. The molecule has 0 fully saturated rings. The summed E-state index contributed by atoms with van der Waals surface area (Å²) in [7, 11) is -1.49. The first kappa shape index (κ1) is 40.9. The van der Waals surface area contributed by atoms with Crippen molar-refractivity contribution in [1.29, 1.82) is 0 Å². The molecule has 1 aromatic heterocycles. The Morgan fingerprint density at radius 1 is 1.00 bits per heavy atom. The van der Waals surface area contributed by atoms with Crippen LogP contribution in [0.4, 0.5) is 13.6 Å². The molecule has 4 N–H and O–H groups in total. The standard InChI is InChI=1S/C37H50F2N4O7Si/c1-37(2,3)35(31-18-26(29-19-27(38)12-13-30(29)39)22-42(31)21-25-10-8-7-9-11-25)43(33(46)24-44)23-28(41-32(45)14-15-34(47)48)20-40-36(49)50-16-17-51(4,5)6/h7-13,18-19,22,28,35,44H,14-17,20-21,23-24H2,1-6H3,(H,40,49)(H,41,45)(H,47,48)/t28-,35-/m0/s1. The van der Waals surface area contributed by atoms with Crippen molar-refractivity contribution in [3.8, 4) is 11.1 Å². The van der Waals surface area contributed by atoms with E-state index in [9.17, 15) is 28.7 Å². The maximum absolute atomic E-state index is 15.1. The number of hydrogen-bond donors (Lipinski definition) is 4. The van der Waals surface area contributed by atoms with E-state index < -0.39 is 74.1 Å². The van der Waals surface area contributed by atoms with E-state index in [1.54, 1.807) is 12.3 Å². The molecule has 0 aliphatic heterocycles. The number of rotatable bonds is 17. The van der Waals surface area contributed by atoms with Crippen LogP contribution in [0.2, 0.25) is 25.7 Å². The van der Waals surface area contributed by atoms with Gasteiger partial charge in [0.2, 0.25) is 11.8 Å². The normalized spacial score (nSPS) is 12.9. The van der Waals surface area contributed by atoms with Crippen LogP contribution in [0.5, 0.6) is 0 Å². The van der Waals surface area contributed by atoms with Crippen LogP contribution in [-0.4, -0.2) is 84.0 Å². The molecule has 3 amide bonds. The minimum Gasteiger partial charge on any atom is -0.481 e. The highest BCUT2D eigenvalue weighted by atomic mass is 28.3. The van der Waals surface area contributed by atoms with Crippen LogP contribution in [-0.2, 0) is 25.7 Å². The molecule has 0 saturated carbocycles. The zero-order valence-electron chi connectivity index (χ0n) is 30.2. The molecule has 14 heteroatoms. The first-order chi connectivity index (χ1) is 23.9. The van der Waals surface area contributed by atoms with Crippen LogP contribution >= 0.6 is 0 Å². The first-order valence-corrected chi connectivity index (χ1v) is 20.6. The Hall–Kier alpha value is -4.56. The van der Waals surface area contributed by atoms with Crippen LogP contribution in [0.25, 0.3) is 11.1 Å². The Morgan fingerprint density at radius 3 is 2.29 bits per heavy atom. The van der Waals surface area contributed by atoms with Gasteiger partial charge in [-0.1, -0.05) is 70.7 Å². The number of carboxylic acids is 1. The van der Waals surface area contributed by atoms with Crippen LogP contribution in [0, 0.1) is 17.0 Å². The van der Waals surface area contributed by atoms with E-state index in [2.05, 4.69) is 30.3 Å². The maximum atomic E-state index is 15.1. The summed E-state index contributed by atoms with van der Waals surface area (Å²) in [6.07, 6.45) is 0.194. The number of aliphatic hydroxyl groups excluding tert-OH is 1. The highest BCUT2D eigenvalue weighted by Crippen LogP contribution is 2.41. The second-order valence-corrected chi connectivity index (χ2v) is 20.5. The van der Waals surface area contributed by atoms with E-state index in [4.69, 9.17) is 9.84 Å². The summed E-state index contributed by atoms with van der Waals surface area (Å²) in [4.78, 5) is 51.8. The summed E-state index contributed by atoms with van der Waals surface area (Å²) >= 11 is 0. The molecule has 2 atom stereocenters. The monoisotopic (exact) mass is 728 g/mol. The minimum absolute atomic E-state index is 0.0242. The van der Waals surface area contributed by atoms with Gasteiger partial charge in [-0.2, -0.15) is 0 Å². The molecule has 2 aromatic carbocycles. The molecular formula is C37H50F2N4O7Si. The number of benzene rings is 2. The average molecular weight is 729 g/mol. The summed E-state index contributed by atoms with van der Waals surface area (Å²) in [5.41, 5.74) is 1.09. The van der Waals surface area contributed by atoms with E-state index in [0.29, 0.717) is 17.8 Å². The van der Waals surface area contributed by atoms with E-state index in [-0.39, 0.29) is 31.7 Å². The van der Waals surface area contributed by atoms with Crippen molar-refractivity contribution in [1.82, 2.24) is 20.1 Å². The third-order valence-electron chi connectivity index (χ3n) is 8.16. The molecule has 3 aromatic rings. The van der Waals surface area contributed by atoms with Crippen molar-refractivity contribution in [3.05, 3.63) is 83.7 Å². The number of nitrogens with one attached hydrogen (secondary N) is 2. The predicted octanol–water partition coefficient (Wildman–Crippen LogP) is 5.80. The Labute approximate surface area is 299 Å². The number of aromatic nitrogens is 1. The van der Waals surface area contributed by atoms with Crippen LogP contribution < -0.4 is 10.6 Å². The van der Waals surface area contributed by atoms with Gasteiger partial charge in [0.15, 0.2) is 0 Å². The Kier molecular flexibility index (Phi) is 14.5. The molecule has 0 unspecified atom stereocenters. The van der Waals surface area contributed by atoms with Gasteiger partial charge >= 0.3 is 12.1 Å². The number of amides is 3. The van der Waals surface area contributed by atoms with Gasteiger partial charge in [0.05, 0.1) is 25.1 Å². The highest BCUT2D eigenvalue weighted by molar-refractivity contribution is 6.76. The second kappa shape index (κ2) is 18.1. The van der Waals surface area contributed by atoms with Crippen molar-refractivity contribution in [3.63, 3.8) is 0 Å². The van der Waals surface area contributed by atoms with Crippen LogP contribution in [0.15, 0.2) is 60.8 Å². The molecule has 0 saturated heterocycles. The number of alkyl carbamates (subject to hydrolysis) is 1. The fourth-order valence-corrected chi connectivity index (χ4v) is 6.39. The number of hydrogen-bond acceptors (Lipinski definition) is 6. The first-order valence-electron chi connectivity index (χ1n) is 16.9. The van der Waals surface area contributed by atoms with Crippen molar-refractivity contribution < 1.29 is 42.9 Å². The van der Waals surface area contributed by atoms with Gasteiger partial charge in [0.1, 0.15) is 18.2 Å². The number of aliphatic carboxylic acids is 1. The summed E-state index contributed by atoms with van der Waals surface area (Å²) in [6.45, 7) is 11.3. The van der Waals surface area contributed by atoms with E-state index in [1.165, 1.54) is 4.90 Å². The van der Waals surface area contributed by atoms with Gasteiger partial charge in [-0.05, 0) is 41.3 Å². The zero-order chi connectivity index (χ0) is 37.9. The van der Waals surface area contributed by atoms with Gasteiger partial charge in [-0.3, -0.25) is 14.4 Å². The van der Waals surface area contributed by atoms with E-state index in [1.807, 2.05) is 55.7 Å². The lowest BCUT2D eigenvalue weighted by Gasteiger charge is -2.42. The fraction of sp³-hybridized carbons (Fsp3) is 0.459. The molecule has 0 radical (unpaired) electrons. The van der Waals surface area contributed by atoms with Crippen LogP contribution in [0.3, 0.4) is 0 Å². The van der Waals surface area contributed by atoms with Crippen molar-refractivity contribution >= 4 is 32.0 Å². The second-order valence-electron chi connectivity index (χ2n) is 14.8. The molecule has 0 bridgehead atoms. The van der Waals surface area contributed by atoms with Crippen molar-refractivity contribution in [2.75, 3.05) is 26.3 Å². The van der Waals surface area contributed by atoms with Gasteiger partial charge in [-0.25, -0.2) is 13.6 Å². The molecular weight excluding hydrogens is 679 g/mol. The van der Waals surface area contributed by atoms with E-state index in [0.717, 1.165) is 29.8 Å². The minimum atomic E-state index is -1.49. The molecule has 51 heavy (non-hydrogen) atoms. The van der Waals surface area contributed by atoms with Gasteiger partial charge in [0.25, 0.3) is 0 Å². The lowest BCUT2D eigenvalue weighted by atomic mass is 9.82.